The molecule has 0 saturated carbocycles. The first-order valence-electron chi connectivity index (χ1n) is 4.00. The van der Waals surface area contributed by atoms with Crippen molar-refractivity contribution in [3.05, 3.63) is 29.8 Å². The summed E-state index contributed by atoms with van der Waals surface area (Å²) >= 11 is 0. The maximum atomic E-state index is 8.91. The van der Waals surface area contributed by atoms with Gasteiger partial charge in [-0.05, 0) is 28.4 Å². The van der Waals surface area contributed by atoms with E-state index in [1.165, 1.54) is 5.56 Å². The highest BCUT2D eigenvalue weighted by Gasteiger charge is 1.92. The number of hydrogen-bond donors (Lipinski definition) is 1. The van der Waals surface area contributed by atoms with Gasteiger partial charge in [-0.3, -0.25) is 5.21 Å². The molecule has 1 aromatic rings. The van der Waals surface area contributed by atoms with E-state index in [9.17, 15) is 0 Å². The lowest BCUT2D eigenvalue weighted by molar-refractivity contribution is 0.331. The first-order valence-corrected chi connectivity index (χ1v) is 4.52. The fraction of sp³-hybridized carbons (Fsp3) is 0.333. The van der Waals surface area contributed by atoms with Gasteiger partial charge in [0, 0.05) is 0 Å². The van der Waals surface area contributed by atoms with Crippen molar-refractivity contribution in [3.8, 4) is 0 Å². The van der Waals surface area contributed by atoms with Gasteiger partial charge >= 0.3 is 0 Å². The molecule has 0 amide bonds. The summed E-state index contributed by atoms with van der Waals surface area (Å²) in [5.41, 5.74) is 1.96. The van der Waals surface area contributed by atoms with Crippen LogP contribution < -0.4 is 4.83 Å². The molecule has 1 N–H and O–H groups in total. The van der Waals surface area contributed by atoms with Gasteiger partial charge in [-0.25, -0.2) is 4.83 Å². The number of nitrogens with zero attached hydrogens (tertiary/aromatic N) is 1. The van der Waals surface area contributed by atoms with Crippen LogP contribution in [-0.4, -0.2) is 5.21 Å². The average molecular weight is 185 g/mol. The van der Waals surface area contributed by atoms with Crippen LogP contribution in [0.1, 0.15) is 19.4 Å². The number of rotatable bonds is 1. The van der Waals surface area contributed by atoms with E-state index < -0.39 is 0 Å². The van der Waals surface area contributed by atoms with Crippen molar-refractivity contribution in [2.45, 2.75) is 20.8 Å². The van der Waals surface area contributed by atoms with E-state index in [1.807, 2.05) is 45.0 Å². The van der Waals surface area contributed by atoms with Crippen molar-refractivity contribution in [2.24, 2.45) is 0 Å². The quantitative estimate of drug-likeness (QED) is 0.537. The van der Waals surface area contributed by atoms with Gasteiger partial charge in [-0.1, -0.05) is 31.5 Å². The van der Waals surface area contributed by atoms with Crippen LogP contribution in [0.15, 0.2) is 24.3 Å². The summed E-state index contributed by atoms with van der Waals surface area (Å²) in [4.78, 5) is 1.01. The fourth-order valence-electron chi connectivity index (χ4n) is 0.697. The van der Waals surface area contributed by atoms with Crippen molar-refractivity contribution in [3.63, 3.8) is 0 Å². The van der Waals surface area contributed by atoms with Crippen molar-refractivity contribution < 1.29 is 5.21 Å². The second-order valence-corrected chi connectivity index (χ2v) is 2.67. The van der Waals surface area contributed by atoms with Crippen molar-refractivity contribution in [2.75, 3.05) is 4.83 Å². The predicted octanol–water partition coefficient (Wildman–Crippen LogP) is 3.01. The molecule has 0 heterocycles. The molecule has 0 bridgehead atoms. The molecule has 2 nitrogen and oxygen atoms in total. The largest absolute Gasteiger partial charge is 0.286 e. The van der Waals surface area contributed by atoms with Gasteiger partial charge in [0.15, 0.2) is 0 Å². The van der Waals surface area contributed by atoms with Gasteiger partial charge in [0.05, 0.1) is 5.69 Å². The van der Waals surface area contributed by atoms with Crippen LogP contribution in [0.25, 0.3) is 0 Å². The number of aryl methyl sites for hydroxylation is 1. The van der Waals surface area contributed by atoms with Crippen molar-refractivity contribution >= 4 is 15.1 Å². The molecule has 1 atom stereocenters. The SMILES string of the molecule is CC.Cc1ccc(N(O)P)cc1. The highest BCUT2D eigenvalue weighted by atomic mass is 31.0. The van der Waals surface area contributed by atoms with Crippen LogP contribution in [0.2, 0.25) is 0 Å². The predicted molar refractivity (Wildman–Crippen MR) is 56.5 cm³/mol. The van der Waals surface area contributed by atoms with Crippen molar-refractivity contribution in [1.29, 1.82) is 0 Å². The average Bonchev–Trinajstić information content (AvgIpc) is 2.09. The second-order valence-electron chi connectivity index (χ2n) is 2.18. The molecule has 0 spiro atoms. The molecule has 0 radical (unpaired) electrons. The molecule has 0 saturated heterocycles. The summed E-state index contributed by atoms with van der Waals surface area (Å²) < 4.78 is 0. The Labute approximate surface area is 76.4 Å². The molecular weight excluding hydrogens is 169 g/mol. The van der Waals surface area contributed by atoms with E-state index in [4.69, 9.17) is 5.21 Å². The van der Waals surface area contributed by atoms with Gasteiger partial charge in [0.1, 0.15) is 0 Å². The lowest BCUT2D eigenvalue weighted by Gasteiger charge is -2.08. The van der Waals surface area contributed by atoms with Gasteiger partial charge in [-0.15, -0.1) is 0 Å². The van der Waals surface area contributed by atoms with E-state index in [0.717, 1.165) is 10.5 Å². The van der Waals surface area contributed by atoms with E-state index in [-0.39, 0.29) is 0 Å². The Balaban J connectivity index is 0.000000561. The van der Waals surface area contributed by atoms with Crippen molar-refractivity contribution in [1.82, 2.24) is 0 Å². The lowest BCUT2D eigenvalue weighted by atomic mass is 10.2. The number of anilines is 1. The lowest BCUT2D eigenvalue weighted by Crippen LogP contribution is -1.99. The summed E-state index contributed by atoms with van der Waals surface area (Å²) in [7, 11) is 2.18. The minimum absolute atomic E-state index is 0.774. The molecule has 0 aromatic heterocycles. The zero-order valence-corrected chi connectivity index (χ0v) is 8.94. The van der Waals surface area contributed by atoms with Gasteiger partial charge in [0.2, 0.25) is 0 Å². The van der Waals surface area contributed by atoms with Crippen LogP contribution in [-0.2, 0) is 0 Å². The Hall–Kier alpha value is -0.590. The zero-order valence-electron chi connectivity index (χ0n) is 7.78. The molecule has 0 aliphatic heterocycles. The van der Waals surface area contributed by atoms with E-state index in [0.29, 0.717) is 0 Å². The standard InChI is InChI=1S/C7H10NOP.C2H6/c1-6-2-4-7(5-3-6)8(9)10;1-2/h2-5,9H,10H2,1H3;1-2H3. The Morgan fingerprint density at radius 3 is 1.92 bits per heavy atom. The Morgan fingerprint density at radius 2 is 1.58 bits per heavy atom. The smallest absolute Gasteiger partial charge is 0.0668 e. The third-order valence-corrected chi connectivity index (χ3v) is 1.60. The van der Waals surface area contributed by atoms with Gasteiger partial charge < -0.3 is 0 Å². The highest BCUT2D eigenvalue weighted by Crippen LogP contribution is 2.15. The van der Waals surface area contributed by atoms with Crippen LogP contribution in [0, 0.1) is 6.92 Å². The summed E-state index contributed by atoms with van der Waals surface area (Å²) in [5, 5.41) is 8.91. The van der Waals surface area contributed by atoms with Gasteiger partial charge in [0.25, 0.3) is 0 Å². The minimum atomic E-state index is 0.774. The molecule has 0 fully saturated rings. The Bertz CT molecular complexity index is 208. The van der Waals surface area contributed by atoms with Crippen LogP contribution in [0.3, 0.4) is 0 Å². The van der Waals surface area contributed by atoms with Gasteiger partial charge in [-0.2, -0.15) is 0 Å². The maximum Gasteiger partial charge on any atom is 0.0668 e. The summed E-state index contributed by atoms with van der Waals surface area (Å²) in [6, 6.07) is 7.59. The number of benzene rings is 1. The summed E-state index contributed by atoms with van der Waals surface area (Å²) in [5.74, 6) is 0. The Kier molecular flexibility index (Phi) is 5.69. The van der Waals surface area contributed by atoms with E-state index in [1.54, 1.807) is 0 Å². The summed E-state index contributed by atoms with van der Waals surface area (Å²) in [6.45, 7) is 6.01. The van der Waals surface area contributed by atoms with Crippen LogP contribution in [0.5, 0.6) is 0 Å². The molecule has 1 aromatic carbocycles. The first kappa shape index (κ1) is 11.4. The monoisotopic (exact) mass is 185 g/mol. The molecule has 1 rings (SSSR count). The van der Waals surface area contributed by atoms with Crippen LogP contribution in [0.4, 0.5) is 5.69 Å². The van der Waals surface area contributed by atoms with Crippen LogP contribution >= 0.6 is 9.39 Å². The van der Waals surface area contributed by atoms with E-state index in [2.05, 4.69) is 9.39 Å². The maximum absolute atomic E-state index is 8.91. The van der Waals surface area contributed by atoms with E-state index >= 15 is 0 Å². The zero-order chi connectivity index (χ0) is 9.56. The summed E-state index contributed by atoms with van der Waals surface area (Å²) in [6.07, 6.45) is 0. The number of hydrogen-bond acceptors (Lipinski definition) is 2. The molecule has 1 unspecified atom stereocenters. The molecule has 68 valence electrons. The molecule has 0 aliphatic rings. The second kappa shape index (κ2) is 5.99. The fourth-order valence-corrected chi connectivity index (χ4v) is 0.870. The first-order chi connectivity index (χ1) is 5.70. The highest BCUT2D eigenvalue weighted by molar-refractivity contribution is 7.18. The minimum Gasteiger partial charge on any atom is -0.286 e. The topological polar surface area (TPSA) is 23.5 Å². The molecule has 12 heavy (non-hydrogen) atoms. The molecule has 0 aliphatic carbocycles. The molecule has 3 heteroatoms. The third kappa shape index (κ3) is 3.70. The molecular formula is C9H16NOP. The Morgan fingerprint density at radius 1 is 1.17 bits per heavy atom. The third-order valence-electron chi connectivity index (χ3n) is 1.30. The normalized spacial score (nSPS) is 8.42.